The number of hydrogen-bond donors (Lipinski definition) is 0. The molecule has 1 aliphatic heterocycles. The van der Waals surface area contributed by atoms with Gasteiger partial charge in [-0.25, -0.2) is 13.6 Å². The Bertz CT molecular complexity index is 1180. The van der Waals surface area contributed by atoms with Crippen LogP contribution in [0.3, 0.4) is 0 Å². The zero-order valence-corrected chi connectivity index (χ0v) is 18.8. The molecule has 1 aliphatic carbocycles. The van der Waals surface area contributed by atoms with Crippen molar-refractivity contribution in [2.45, 2.75) is 57.5 Å². The molecule has 2 aromatic rings. The van der Waals surface area contributed by atoms with Crippen molar-refractivity contribution in [3.8, 4) is 11.8 Å². The van der Waals surface area contributed by atoms with Crippen molar-refractivity contribution in [2.24, 2.45) is 0 Å². The van der Waals surface area contributed by atoms with E-state index in [-0.39, 0.29) is 34.7 Å². The number of nitrogens with zero attached hydrogens (tertiary/aromatic N) is 2. The van der Waals surface area contributed by atoms with E-state index in [1.165, 1.54) is 6.20 Å². The first-order valence-corrected chi connectivity index (χ1v) is 11.3. The molecule has 173 valence electrons. The maximum atomic E-state index is 14.9. The summed E-state index contributed by atoms with van der Waals surface area (Å²) < 4.78 is 41.1. The highest BCUT2D eigenvalue weighted by molar-refractivity contribution is 6.23. The minimum absolute atomic E-state index is 0.00307. The molecule has 2 aliphatic rings. The van der Waals surface area contributed by atoms with Gasteiger partial charge in [0.1, 0.15) is 5.56 Å². The molecule has 1 saturated heterocycles. The summed E-state index contributed by atoms with van der Waals surface area (Å²) in [6, 6.07) is 1.16. The van der Waals surface area contributed by atoms with Gasteiger partial charge in [0.05, 0.1) is 23.1 Å². The van der Waals surface area contributed by atoms with E-state index in [4.69, 9.17) is 9.39 Å². The summed E-state index contributed by atoms with van der Waals surface area (Å²) in [5, 5.41) is -0.0627. The van der Waals surface area contributed by atoms with Crippen LogP contribution in [0.5, 0.6) is 0 Å². The first-order valence-electron chi connectivity index (χ1n) is 11.3. The van der Waals surface area contributed by atoms with Crippen molar-refractivity contribution in [3.05, 3.63) is 45.2 Å². The zero-order chi connectivity index (χ0) is 23.5. The fourth-order valence-corrected chi connectivity index (χ4v) is 4.41. The van der Waals surface area contributed by atoms with Gasteiger partial charge in [0.15, 0.2) is 11.6 Å². The first-order chi connectivity index (χ1) is 16.0. The van der Waals surface area contributed by atoms with E-state index >= 15 is 0 Å². The highest BCUT2D eigenvalue weighted by Crippen LogP contribution is 2.38. The monoisotopic (exact) mass is 455 g/mol. The SMILES string of the molecule is CCOC(=O)c1cn(C2CC2)c2c(C#CCCC3CCCN3[B]OC)c(F)c(F)cc2c1=O. The first kappa shape index (κ1) is 23.5. The molecule has 2 heterocycles. The highest BCUT2D eigenvalue weighted by Gasteiger charge is 2.30. The molecule has 6 nitrogen and oxygen atoms in total. The van der Waals surface area contributed by atoms with Crippen molar-refractivity contribution >= 4 is 24.5 Å². The maximum Gasteiger partial charge on any atom is 0.398 e. The van der Waals surface area contributed by atoms with Gasteiger partial charge in [0, 0.05) is 31.8 Å². The van der Waals surface area contributed by atoms with E-state index in [0.717, 1.165) is 44.7 Å². The van der Waals surface area contributed by atoms with Gasteiger partial charge in [-0.3, -0.25) is 4.79 Å². The predicted molar refractivity (Wildman–Crippen MR) is 121 cm³/mol. The quantitative estimate of drug-likeness (QED) is 0.363. The lowest BCUT2D eigenvalue weighted by Gasteiger charge is -2.21. The number of benzene rings is 1. The van der Waals surface area contributed by atoms with Crippen LogP contribution in [0.2, 0.25) is 0 Å². The Morgan fingerprint density at radius 3 is 2.79 bits per heavy atom. The Morgan fingerprint density at radius 1 is 1.30 bits per heavy atom. The maximum absolute atomic E-state index is 14.9. The minimum Gasteiger partial charge on any atom is -0.462 e. The summed E-state index contributed by atoms with van der Waals surface area (Å²) in [6.07, 6.45) is 6.39. The molecule has 1 saturated carbocycles. The number of hydrogen-bond acceptors (Lipinski definition) is 5. The molecule has 1 radical (unpaired) electrons. The van der Waals surface area contributed by atoms with Crippen LogP contribution in [-0.4, -0.2) is 49.3 Å². The number of carbonyl (C=O) groups excluding carboxylic acids is 1. The van der Waals surface area contributed by atoms with Gasteiger partial charge in [-0.05, 0) is 51.6 Å². The summed E-state index contributed by atoms with van der Waals surface area (Å²) >= 11 is 0. The molecule has 0 N–H and O–H groups in total. The van der Waals surface area contributed by atoms with Crippen molar-refractivity contribution in [3.63, 3.8) is 0 Å². The zero-order valence-electron chi connectivity index (χ0n) is 18.8. The van der Waals surface area contributed by atoms with Gasteiger partial charge < -0.3 is 18.8 Å². The summed E-state index contributed by atoms with van der Waals surface area (Å²) in [5.41, 5.74) is -0.774. The van der Waals surface area contributed by atoms with Crippen LogP contribution in [0.15, 0.2) is 17.1 Å². The standard InChI is InChI=1S/C24H26BF2N2O4/c1-3-33-24(31)19-14-28(15-10-11-15)22-17(21(27)20(26)13-18(22)23(19)30)9-5-4-7-16-8-6-12-29(16)25-32-2/h13-16H,3-4,6-8,10-12H2,1-2H3. The van der Waals surface area contributed by atoms with E-state index < -0.39 is 23.0 Å². The molecule has 0 amide bonds. The smallest absolute Gasteiger partial charge is 0.398 e. The van der Waals surface area contributed by atoms with Gasteiger partial charge in [0.2, 0.25) is 5.43 Å². The van der Waals surface area contributed by atoms with Crippen LogP contribution in [0.1, 0.15) is 67.4 Å². The van der Waals surface area contributed by atoms with Gasteiger partial charge in [-0.15, -0.1) is 0 Å². The molecule has 1 unspecified atom stereocenters. The number of pyridine rings is 1. The fraction of sp³-hybridized carbons (Fsp3) is 0.500. The molecule has 2 fully saturated rings. The third kappa shape index (κ3) is 4.82. The predicted octanol–water partition coefficient (Wildman–Crippen LogP) is 3.57. The topological polar surface area (TPSA) is 60.8 Å². The van der Waals surface area contributed by atoms with Gasteiger partial charge in [-0.2, -0.15) is 0 Å². The van der Waals surface area contributed by atoms with Crippen molar-refractivity contribution in [1.29, 1.82) is 0 Å². The number of rotatable bonds is 7. The fourth-order valence-electron chi connectivity index (χ4n) is 4.41. The molecular weight excluding hydrogens is 429 g/mol. The molecule has 33 heavy (non-hydrogen) atoms. The minimum atomic E-state index is -1.16. The van der Waals surface area contributed by atoms with Gasteiger partial charge >= 0.3 is 13.6 Å². The molecule has 1 atom stereocenters. The highest BCUT2D eigenvalue weighted by atomic mass is 19.2. The molecular formula is C24H26BF2N2O4. The average molecular weight is 455 g/mol. The Labute approximate surface area is 192 Å². The second-order valence-corrected chi connectivity index (χ2v) is 8.39. The van der Waals surface area contributed by atoms with Crippen LogP contribution in [0, 0.1) is 23.5 Å². The van der Waals surface area contributed by atoms with Gasteiger partial charge in [-0.1, -0.05) is 11.8 Å². The Morgan fingerprint density at radius 2 is 2.09 bits per heavy atom. The number of halogens is 2. The van der Waals surface area contributed by atoms with E-state index in [1.807, 2.05) is 0 Å². The number of ether oxygens (including phenoxy) is 1. The average Bonchev–Trinajstić information content (AvgIpc) is 3.54. The van der Waals surface area contributed by atoms with Crippen molar-refractivity contribution in [1.82, 2.24) is 9.38 Å². The Hall–Kier alpha value is -2.70. The van der Waals surface area contributed by atoms with E-state index in [9.17, 15) is 18.4 Å². The lowest BCUT2D eigenvalue weighted by Crippen LogP contribution is -2.33. The van der Waals surface area contributed by atoms with Crippen LogP contribution in [-0.2, 0) is 9.39 Å². The van der Waals surface area contributed by atoms with E-state index in [2.05, 4.69) is 16.7 Å². The van der Waals surface area contributed by atoms with E-state index in [1.54, 1.807) is 26.2 Å². The van der Waals surface area contributed by atoms with Crippen LogP contribution >= 0.6 is 0 Å². The van der Waals surface area contributed by atoms with Crippen LogP contribution in [0.4, 0.5) is 8.78 Å². The molecule has 0 spiro atoms. The summed E-state index contributed by atoms with van der Waals surface area (Å²) in [4.78, 5) is 27.4. The van der Waals surface area contributed by atoms with Crippen LogP contribution in [0.25, 0.3) is 10.9 Å². The molecule has 4 rings (SSSR count). The molecule has 9 heteroatoms. The Kier molecular flexibility index (Phi) is 7.15. The summed E-state index contributed by atoms with van der Waals surface area (Å²) in [5.74, 6) is 2.74. The number of esters is 1. The van der Waals surface area contributed by atoms with Crippen LogP contribution < -0.4 is 5.43 Å². The Balaban J connectivity index is 1.72. The number of carbonyl (C=O) groups is 1. The summed E-state index contributed by atoms with van der Waals surface area (Å²) in [6.45, 7) is 2.67. The van der Waals surface area contributed by atoms with E-state index in [0.29, 0.717) is 12.5 Å². The lowest BCUT2D eigenvalue weighted by atomic mass is 10.0. The molecule has 1 aromatic carbocycles. The van der Waals surface area contributed by atoms with Crippen molar-refractivity contribution < 1.29 is 23.0 Å². The second kappa shape index (κ2) is 10.1. The normalized spacial score (nSPS) is 18.2. The number of fused-ring (bicyclic) bond motifs is 1. The third-order valence-corrected chi connectivity index (χ3v) is 6.12. The molecule has 1 aromatic heterocycles. The summed E-state index contributed by atoms with van der Waals surface area (Å²) in [7, 11) is 3.32. The second-order valence-electron chi connectivity index (χ2n) is 8.39. The number of aromatic nitrogens is 1. The largest absolute Gasteiger partial charge is 0.462 e. The lowest BCUT2D eigenvalue weighted by molar-refractivity contribution is 0.0524. The van der Waals surface area contributed by atoms with Crippen molar-refractivity contribution in [2.75, 3.05) is 20.3 Å². The third-order valence-electron chi connectivity index (χ3n) is 6.12. The molecule has 0 bridgehead atoms. The van der Waals surface area contributed by atoms with Gasteiger partial charge in [0.25, 0.3) is 0 Å².